The molecule has 25 heavy (non-hydrogen) atoms. The Bertz CT molecular complexity index is 364. The van der Waals surface area contributed by atoms with Gasteiger partial charge in [0.05, 0.1) is 59.5 Å². The summed E-state index contributed by atoms with van der Waals surface area (Å²) >= 11 is 0. The molecule has 0 N–H and O–H groups in total. The zero-order valence-corrected chi connectivity index (χ0v) is 17.2. The van der Waals surface area contributed by atoms with E-state index in [-0.39, 0.29) is 5.66 Å². The second-order valence-electron chi connectivity index (χ2n) is 6.75. The van der Waals surface area contributed by atoms with E-state index in [9.17, 15) is 4.57 Å². The Kier molecular flexibility index (Phi) is 12.2. The highest BCUT2D eigenvalue weighted by Crippen LogP contribution is 2.55. The van der Waals surface area contributed by atoms with Crippen molar-refractivity contribution >= 4 is 7.52 Å². The van der Waals surface area contributed by atoms with Crippen molar-refractivity contribution in [3.8, 4) is 0 Å². The molecule has 0 aliphatic carbocycles. The Balaban J connectivity index is 2.68. The van der Waals surface area contributed by atoms with E-state index in [1.165, 1.54) is 0 Å². The van der Waals surface area contributed by atoms with Gasteiger partial charge in [-0.05, 0) is 5.92 Å². The van der Waals surface area contributed by atoms with E-state index in [0.29, 0.717) is 78.5 Å². The smallest absolute Gasteiger partial charge is 0.275 e. The normalized spacial score (nSPS) is 23.1. The number of ether oxygens (including phenoxy) is 4. The van der Waals surface area contributed by atoms with Gasteiger partial charge in [-0.15, -0.1) is 0 Å². The number of rotatable bonds is 5. The first-order chi connectivity index (χ1) is 12.0. The summed E-state index contributed by atoms with van der Waals surface area (Å²) in [5.74, 6) is 0.331. The van der Waals surface area contributed by atoms with Crippen LogP contribution < -0.4 is 0 Å². The maximum Gasteiger partial charge on any atom is 0.275 e. The van der Waals surface area contributed by atoms with E-state index >= 15 is 0 Å². The van der Waals surface area contributed by atoms with Crippen LogP contribution in [0.25, 0.3) is 0 Å². The zero-order valence-electron chi connectivity index (χ0n) is 16.3. The highest BCUT2D eigenvalue weighted by molar-refractivity contribution is 7.57. The van der Waals surface area contributed by atoms with Gasteiger partial charge in [0.15, 0.2) is 0 Å². The van der Waals surface area contributed by atoms with Gasteiger partial charge < -0.3 is 23.5 Å². The van der Waals surface area contributed by atoms with Crippen LogP contribution in [0.1, 0.15) is 27.7 Å². The third-order valence-corrected chi connectivity index (χ3v) is 6.76. The molecule has 1 aliphatic rings. The van der Waals surface area contributed by atoms with E-state index in [1.807, 2.05) is 18.5 Å². The van der Waals surface area contributed by atoms with Crippen LogP contribution in [0, 0.1) is 5.92 Å². The van der Waals surface area contributed by atoms with E-state index in [4.69, 9.17) is 23.5 Å². The van der Waals surface area contributed by atoms with Gasteiger partial charge in [0, 0.05) is 18.7 Å². The lowest BCUT2D eigenvalue weighted by atomic mass is 10.2. The lowest BCUT2D eigenvalue weighted by molar-refractivity contribution is 0.00206. The van der Waals surface area contributed by atoms with Crippen LogP contribution in [-0.4, -0.2) is 82.9 Å². The van der Waals surface area contributed by atoms with Crippen molar-refractivity contribution in [2.24, 2.45) is 5.92 Å². The highest BCUT2D eigenvalue weighted by Gasteiger charge is 2.35. The van der Waals surface area contributed by atoms with E-state index < -0.39 is 7.52 Å². The topological polar surface area (TPSA) is 66.5 Å². The molecule has 0 aromatic rings. The van der Waals surface area contributed by atoms with E-state index in [1.54, 1.807) is 0 Å². The summed E-state index contributed by atoms with van der Waals surface area (Å²) in [7, 11) is -2.94. The molecule has 8 heteroatoms. The first-order valence-electron chi connectivity index (χ1n) is 9.27. The molecule has 1 heterocycles. The van der Waals surface area contributed by atoms with Gasteiger partial charge in [0.25, 0.3) is 7.52 Å². The summed E-state index contributed by atoms with van der Waals surface area (Å²) in [5.41, 5.74) is -0.0833. The van der Waals surface area contributed by atoms with Gasteiger partial charge in [-0.25, -0.2) is 4.67 Å². The molecule has 0 bridgehead atoms. The first-order valence-corrected chi connectivity index (χ1v) is 10.9. The molecule has 1 aliphatic heterocycles. The monoisotopic (exact) mass is 381 g/mol. The molecule has 1 atom stereocenters. The molecule has 150 valence electrons. The largest absolute Gasteiger partial charge is 0.378 e. The Labute approximate surface area is 152 Å². The van der Waals surface area contributed by atoms with Crippen LogP contribution in [-0.2, 0) is 28.0 Å². The predicted octanol–water partition coefficient (Wildman–Crippen LogP) is 2.64. The van der Waals surface area contributed by atoms with Crippen LogP contribution in [0.15, 0.2) is 0 Å². The molecule has 0 aromatic heterocycles. The standard InChI is InChI=1S/C17H36NO6P/c1-16(2)15-24-25(19,17(3)4)18-5-7-20-9-11-22-13-14-23-12-10-21-8-6-18/h16-17H,5-15H2,1-4H3. The minimum Gasteiger partial charge on any atom is -0.378 e. The third kappa shape index (κ3) is 9.48. The van der Waals surface area contributed by atoms with E-state index in [2.05, 4.69) is 13.8 Å². The molecule has 1 rings (SSSR count). The SMILES string of the molecule is CC(C)COP(=O)(C(C)C)N1CCOCCOCCOCCOCC1. The maximum atomic E-state index is 13.5. The fourth-order valence-corrected chi connectivity index (χ4v) is 4.65. The zero-order chi connectivity index (χ0) is 18.5. The summed E-state index contributed by atoms with van der Waals surface area (Å²) in [6.07, 6.45) is 0. The lowest BCUT2D eigenvalue weighted by Gasteiger charge is -2.34. The maximum absolute atomic E-state index is 13.5. The summed E-state index contributed by atoms with van der Waals surface area (Å²) in [6, 6.07) is 0. The number of hydrogen-bond donors (Lipinski definition) is 0. The molecule has 0 amide bonds. The van der Waals surface area contributed by atoms with Crippen LogP contribution in [0.4, 0.5) is 0 Å². The molecular formula is C17H36NO6P. The molecule has 1 unspecified atom stereocenters. The second kappa shape index (κ2) is 13.2. The number of hydrogen-bond acceptors (Lipinski definition) is 6. The highest BCUT2D eigenvalue weighted by atomic mass is 31.2. The van der Waals surface area contributed by atoms with Gasteiger partial charge >= 0.3 is 0 Å². The summed E-state index contributed by atoms with van der Waals surface area (Å²) in [5, 5.41) is 0. The van der Waals surface area contributed by atoms with Gasteiger partial charge in [0.2, 0.25) is 0 Å². The fourth-order valence-electron chi connectivity index (χ4n) is 2.31. The molecule has 0 radical (unpaired) electrons. The van der Waals surface area contributed by atoms with Gasteiger partial charge in [-0.2, -0.15) is 0 Å². The predicted molar refractivity (Wildman–Crippen MR) is 98.4 cm³/mol. The molecule has 1 fully saturated rings. The van der Waals surface area contributed by atoms with Crippen LogP contribution in [0.2, 0.25) is 0 Å². The molecule has 0 spiro atoms. The second-order valence-corrected chi connectivity index (χ2v) is 9.74. The molecule has 7 nitrogen and oxygen atoms in total. The van der Waals surface area contributed by atoms with Crippen molar-refractivity contribution in [2.45, 2.75) is 33.4 Å². The van der Waals surface area contributed by atoms with E-state index in [0.717, 1.165) is 0 Å². The van der Waals surface area contributed by atoms with Gasteiger partial charge in [-0.3, -0.25) is 4.57 Å². The quantitative estimate of drug-likeness (QED) is 0.678. The third-order valence-electron chi connectivity index (χ3n) is 3.74. The Morgan fingerprint density at radius 1 is 0.800 bits per heavy atom. The Morgan fingerprint density at radius 2 is 1.20 bits per heavy atom. The molecule has 1 saturated heterocycles. The summed E-state index contributed by atoms with van der Waals surface area (Å²) in [6.45, 7) is 13.8. The average molecular weight is 381 g/mol. The van der Waals surface area contributed by atoms with Crippen molar-refractivity contribution in [2.75, 3.05) is 72.6 Å². The molecule has 0 aromatic carbocycles. The van der Waals surface area contributed by atoms with Crippen molar-refractivity contribution in [1.29, 1.82) is 0 Å². The van der Waals surface area contributed by atoms with Crippen molar-refractivity contribution in [3.63, 3.8) is 0 Å². The van der Waals surface area contributed by atoms with Crippen LogP contribution in [0.5, 0.6) is 0 Å². The molecule has 0 saturated carbocycles. The Morgan fingerprint density at radius 3 is 1.56 bits per heavy atom. The van der Waals surface area contributed by atoms with Crippen LogP contribution >= 0.6 is 7.52 Å². The molecular weight excluding hydrogens is 345 g/mol. The van der Waals surface area contributed by atoms with Gasteiger partial charge in [-0.1, -0.05) is 27.7 Å². The van der Waals surface area contributed by atoms with Crippen molar-refractivity contribution < 1.29 is 28.0 Å². The fraction of sp³-hybridized carbons (Fsp3) is 1.00. The van der Waals surface area contributed by atoms with Crippen molar-refractivity contribution in [3.05, 3.63) is 0 Å². The minimum absolute atomic E-state index is 0.0833. The number of nitrogens with zero attached hydrogens (tertiary/aromatic N) is 1. The minimum atomic E-state index is -2.94. The lowest BCUT2D eigenvalue weighted by Crippen LogP contribution is -2.33. The first kappa shape index (κ1) is 23.0. The summed E-state index contributed by atoms with van der Waals surface area (Å²) < 4.78 is 43.4. The van der Waals surface area contributed by atoms with Crippen LogP contribution in [0.3, 0.4) is 0 Å². The van der Waals surface area contributed by atoms with Gasteiger partial charge in [0.1, 0.15) is 0 Å². The Hall–Kier alpha value is -0.0100. The summed E-state index contributed by atoms with van der Waals surface area (Å²) in [4.78, 5) is 0. The average Bonchev–Trinajstić information content (AvgIpc) is 2.58. The van der Waals surface area contributed by atoms with Crippen molar-refractivity contribution in [1.82, 2.24) is 4.67 Å².